The molecule has 4 nitrogen and oxygen atoms in total. The third-order valence-corrected chi connectivity index (χ3v) is 3.97. The van der Waals surface area contributed by atoms with E-state index in [4.69, 9.17) is 4.74 Å². The molecule has 1 amide bonds. The molecule has 1 aliphatic rings. The van der Waals surface area contributed by atoms with E-state index in [0.29, 0.717) is 6.61 Å². The highest BCUT2D eigenvalue weighted by Crippen LogP contribution is 2.37. The minimum Gasteiger partial charge on any atom is -0.464 e. The Kier molecular flexibility index (Phi) is 3.94. The number of amides is 1. The number of carbonyl (C=O) groups excluding carboxylic acids is 2. The molecule has 2 rings (SSSR count). The fraction of sp³-hybridized carbons (Fsp3) is 0.429. The highest BCUT2D eigenvalue weighted by atomic mass is 79.9. The van der Waals surface area contributed by atoms with E-state index in [2.05, 4.69) is 21.2 Å². The van der Waals surface area contributed by atoms with Crippen LogP contribution < -0.4 is 5.32 Å². The molecule has 0 aliphatic carbocycles. The minimum absolute atomic E-state index is 0.125. The number of carbonyl (C=O) groups is 2. The zero-order valence-electron chi connectivity index (χ0n) is 10.9. The summed E-state index contributed by atoms with van der Waals surface area (Å²) in [5.74, 6) is -0.503. The summed E-state index contributed by atoms with van der Waals surface area (Å²) in [4.78, 5) is 23.7. The molecule has 0 bridgehead atoms. The smallest absolute Gasteiger partial charge is 0.329 e. The SMILES string of the molecule is CCOC(=O)C1NC(=O)CC1(C)c1cccc(Br)c1. The molecule has 0 saturated carbocycles. The Morgan fingerprint density at radius 3 is 2.95 bits per heavy atom. The summed E-state index contributed by atoms with van der Waals surface area (Å²) in [6.07, 6.45) is 0.285. The molecule has 2 unspecified atom stereocenters. The maximum absolute atomic E-state index is 12.0. The molecule has 102 valence electrons. The molecule has 2 atom stereocenters. The number of benzene rings is 1. The molecular formula is C14H16BrNO3. The van der Waals surface area contributed by atoms with Crippen molar-refractivity contribution in [3.63, 3.8) is 0 Å². The Morgan fingerprint density at radius 2 is 2.32 bits per heavy atom. The van der Waals surface area contributed by atoms with Crippen LogP contribution in [-0.2, 0) is 19.7 Å². The van der Waals surface area contributed by atoms with Crippen LogP contribution >= 0.6 is 15.9 Å². The fourth-order valence-electron chi connectivity index (χ4n) is 2.46. The predicted octanol–water partition coefficient (Wildman–Crippen LogP) is 2.16. The van der Waals surface area contributed by atoms with Crippen molar-refractivity contribution in [1.29, 1.82) is 0 Å². The second kappa shape index (κ2) is 5.33. The number of hydrogen-bond acceptors (Lipinski definition) is 3. The maximum Gasteiger partial charge on any atom is 0.329 e. The van der Waals surface area contributed by atoms with E-state index in [-0.39, 0.29) is 18.3 Å². The number of ether oxygens (including phenoxy) is 1. The van der Waals surface area contributed by atoms with Gasteiger partial charge in [0.15, 0.2) is 0 Å². The third-order valence-electron chi connectivity index (χ3n) is 3.48. The van der Waals surface area contributed by atoms with Gasteiger partial charge >= 0.3 is 5.97 Å². The molecule has 1 saturated heterocycles. The molecule has 1 aromatic carbocycles. The van der Waals surface area contributed by atoms with Crippen LogP contribution in [0.2, 0.25) is 0 Å². The Balaban J connectivity index is 2.38. The first kappa shape index (κ1) is 14.1. The molecule has 1 heterocycles. The van der Waals surface area contributed by atoms with Crippen molar-refractivity contribution in [1.82, 2.24) is 5.32 Å². The van der Waals surface area contributed by atoms with Gasteiger partial charge in [0.2, 0.25) is 5.91 Å². The van der Waals surface area contributed by atoms with Gasteiger partial charge in [0.1, 0.15) is 6.04 Å². The van der Waals surface area contributed by atoms with E-state index in [9.17, 15) is 9.59 Å². The first-order valence-electron chi connectivity index (χ1n) is 6.19. The van der Waals surface area contributed by atoms with Crippen molar-refractivity contribution in [3.05, 3.63) is 34.3 Å². The molecule has 19 heavy (non-hydrogen) atoms. The summed E-state index contributed by atoms with van der Waals surface area (Å²) in [5, 5.41) is 2.72. The van der Waals surface area contributed by atoms with Gasteiger partial charge in [0.25, 0.3) is 0 Å². The van der Waals surface area contributed by atoms with E-state index < -0.39 is 11.5 Å². The molecule has 1 aliphatic heterocycles. The van der Waals surface area contributed by atoms with Gasteiger partial charge in [-0.2, -0.15) is 0 Å². The molecule has 1 N–H and O–H groups in total. The normalized spacial score (nSPS) is 26.1. The average molecular weight is 326 g/mol. The fourth-order valence-corrected chi connectivity index (χ4v) is 2.86. The Morgan fingerprint density at radius 1 is 1.58 bits per heavy atom. The quantitative estimate of drug-likeness (QED) is 0.866. The summed E-state index contributed by atoms with van der Waals surface area (Å²) < 4.78 is 5.98. The summed E-state index contributed by atoms with van der Waals surface area (Å²) in [6, 6.07) is 7.05. The largest absolute Gasteiger partial charge is 0.464 e. The molecule has 1 aromatic rings. The van der Waals surface area contributed by atoms with Crippen molar-refractivity contribution in [2.75, 3.05) is 6.61 Å². The van der Waals surface area contributed by atoms with Crippen molar-refractivity contribution in [2.45, 2.75) is 31.7 Å². The van der Waals surface area contributed by atoms with Gasteiger partial charge in [0, 0.05) is 16.3 Å². The van der Waals surface area contributed by atoms with Crippen LogP contribution in [0.3, 0.4) is 0 Å². The van der Waals surface area contributed by atoms with Crippen molar-refractivity contribution in [2.24, 2.45) is 0 Å². The Labute approximate surface area is 120 Å². The van der Waals surface area contributed by atoms with E-state index >= 15 is 0 Å². The second-order valence-electron chi connectivity index (χ2n) is 4.86. The van der Waals surface area contributed by atoms with Crippen molar-refractivity contribution in [3.8, 4) is 0 Å². The number of hydrogen-bond donors (Lipinski definition) is 1. The first-order chi connectivity index (χ1) is 8.97. The second-order valence-corrected chi connectivity index (χ2v) is 5.77. The molecule has 5 heteroatoms. The standard InChI is InChI=1S/C14H16BrNO3/c1-3-19-13(18)12-14(2,8-11(17)16-12)9-5-4-6-10(15)7-9/h4-7,12H,3,8H2,1-2H3,(H,16,17). The van der Waals surface area contributed by atoms with Gasteiger partial charge < -0.3 is 10.1 Å². The number of rotatable bonds is 3. The summed E-state index contributed by atoms with van der Waals surface area (Å²) >= 11 is 3.41. The highest BCUT2D eigenvalue weighted by Gasteiger charge is 2.49. The topological polar surface area (TPSA) is 55.4 Å². The number of esters is 1. The molecule has 0 aromatic heterocycles. The molecule has 0 radical (unpaired) electrons. The van der Waals surface area contributed by atoms with Gasteiger partial charge in [-0.3, -0.25) is 4.79 Å². The van der Waals surface area contributed by atoms with Crippen LogP contribution in [0, 0.1) is 0 Å². The zero-order valence-corrected chi connectivity index (χ0v) is 12.5. The Bertz CT molecular complexity index is 517. The molecule has 1 fully saturated rings. The zero-order chi connectivity index (χ0) is 14.0. The number of halogens is 1. The van der Waals surface area contributed by atoms with Gasteiger partial charge in [-0.1, -0.05) is 35.0 Å². The lowest BCUT2D eigenvalue weighted by atomic mass is 9.76. The van der Waals surface area contributed by atoms with Gasteiger partial charge in [-0.05, 0) is 24.6 Å². The van der Waals surface area contributed by atoms with Crippen molar-refractivity contribution >= 4 is 27.8 Å². The van der Waals surface area contributed by atoms with Gasteiger partial charge in [0.05, 0.1) is 6.61 Å². The lowest BCUT2D eigenvalue weighted by molar-refractivity contribution is -0.147. The predicted molar refractivity (Wildman–Crippen MR) is 74.7 cm³/mol. The summed E-state index contributed by atoms with van der Waals surface area (Å²) in [7, 11) is 0. The first-order valence-corrected chi connectivity index (χ1v) is 6.98. The van der Waals surface area contributed by atoms with E-state index in [1.54, 1.807) is 6.92 Å². The maximum atomic E-state index is 12.0. The van der Waals surface area contributed by atoms with Crippen molar-refractivity contribution < 1.29 is 14.3 Å². The van der Waals surface area contributed by atoms with Crippen LogP contribution in [0.15, 0.2) is 28.7 Å². The van der Waals surface area contributed by atoms with E-state index in [1.165, 1.54) is 0 Å². The van der Waals surface area contributed by atoms with E-state index in [0.717, 1.165) is 10.0 Å². The van der Waals surface area contributed by atoms with Crippen LogP contribution in [0.5, 0.6) is 0 Å². The van der Waals surface area contributed by atoms with Gasteiger partial charge in [-0.25, -0.2) is 4.79 Å². The molecule has 0 spiro atoms. The highest BCUT2D eigenvalue weighted by molar-refractivity contribution is 9.10. The Hall–Kier alpha value is -1.36. The molecular weight excluding hydrogens is 310 g/mol. The van der Waals surface area contributed by atoms with Crippen LogP contribution in [0.1, 0.15) is 25.8 Å². The third kappa shape index (κ3) is 2.66. The minimum atomic E-state index is -0.630. The lowest BCUT2D eigenvalue weighted by Gasteiger charge is -2.29. The van der Waals surface area contributed by atoms with Crippen LogP contribution in [-0.4, -0.2) is 24.5 Å². The summed E-state index contributed by atoms with van der Waals surface area (Å²) in [5.41, 5.74) is 0.367. The summed E-state index contributed by atoms with van der Waals surface area (Å²) in [6.45, 7) is 3.97. The van der Waals surface area contributed by atoms with Crippen LogP contribution in [0.4, 0.5) is 0 Å². The van der Waals surface area contributed by atoms with E-state index in [1.807, 2.05) is 31.2 Å². The lowest BCUT2D eigenvalue weighted by Crippen LogP contribution is -2.45. The van der Waals surface area contributed by atoms with Crippen LogP contribution in [0.25, 0.3) is 0 Å². The van der Waals surface area contributed by atoms with Gasteiger partial charge in [-0.15, -0.1) is 0 Å². The average Bonchev–Trinajstić information content (AvgIpc) is 2.66. The number of nitrogens with one attached hydrogen (secondary N) is 1. The monoisotopic (exact) mass is 325 g/mol.